The topological polar surface area (TPSA) is 43.8 Å². The predicted molar refractivity (Wildman–Crippen MR) is 64.1 cm³/mol. The van der Waals surface area contributed by atoms with Gasteiger partial charge in [-0.3, -0.25) is 9.69 Å². The largest absolute Gasteiger partial charge is 0.396 e. The first kappa shape index (κ1) is 13.5. The molecule has 1 N–H and O–H groups in total. The zero-order chi connectivity index (χ0) is 12.3. The summed E-state index contributed by atoms with van der Waals surface area (Å²) in [5.41, 5.74) is 0. The van der Waals surface area contributed by atoms with Crippen molar-refractivity contribution < 1.29 is 9.90 Å². The van der Waals surface area contributed by atoms with E-state index in [1.807, 2.05) is 7.05 Å². The van der Waals surface area contributed by atoms with Crippen molar-refractivity contribution in [1.82, 2.24) is 9.80 Å². The van der Waals surface area contributed by atoms with E-state index in [9.17, 15) is 4.79 Å². The minimum atomic E-state index is -0.138. The summed E-state index contributed by atoms with van der Waals surface area (Å²) in [5, 5.41) is 9.06. The van der Waals surface area contributed by atoms with Crippen molar-refractivity contribution in [2.24, 2.45) is 5.92 Å². The number of carbonyl (C=O) groups excluding carboxylic acids is 1. The summed E-state index contributed by atoms with van der Waals surface area (Å²) in [6.07, 6.45) is 0.542. The van der Waals surface area contributed by atoms with Crippen LogP contribution in [0.3, 0.4) is 0 Å². The molecule has 4 nitrogen and oxygen atoms in total. The maximum absolute atomic E-state index is 12.0. The molecule has 1 amide bonds. The van der Waals surface area contributed by atoms with Crippen molar-refractivity contribution in [1.29, 1.82) is 0 Å². The molecule has 0 aromatic rings. The van der Waals surface area contributed by atoms with Crippen molar-refractivity contribution >= 4 is 5.91 Å². The molecule has 0 saturated carbocycles. The smallest absolute Gasteiger partial charge is 0.239 e. The molecule has 94 valence electrons. The van der Waals surface area contributed by atoms with Gasteiger partial charge in [0, 0.05) is 32.8 Å². The molecular formula is C12H24N2O2. The molecule has 0 bridgehead atoms. The summed E-state index contributed by atoms with van der Waals surface area (Å²) in [4.78, 5) is 16.0. The molecule has 0 spiro atoms. The van der Waals surface area contributed by atoms with Crippen LogP contribution in [0.25, 0.3) is 0 Å². The first-order valence-corrected chi connectivity index (χ1v) is 6.09. The summed E-state index contributed by atoms with van der Waals surface area (Å²) >= 11 is 0. The van der Waals surface area contributed by atoms with Crippen LogP contribution >= 0.6 is 0 Å². The van der Waals surface area contributed by atoms with E-state index in [2.05, 4.69) is 25.7 Å². The highest BCUT2D eigenvalue weighted by molar-refractivity contribution is 5.82. The Hall–Kier alpha value is -0.610. The minimum Gasteiger partial charge on any atom is -0.396 e. The Morgan fingerprint density at radius 3 is 2.62 bits per heavy atom. The van der Waals surface area contributed by atoms with E-state index in [1.165, 1.54) is 0 Å². The van der Waals surface area contributed by atoms with Crippen LogP contribution in [-0.2, 0) is 4.79 Å². The molecule has 0 aliphatic carbocycles. The van der Waals surface area contributed by atoms with Crippen molar-refractivity contribution in [3.63, 3.8) is 0 Å². The summed E-state index contributed by atoms with van der Waals surface area (Å²) in [6, 6.07) is 0.239. The second kappa shape index (κ2) is 5.64. The normalized spacial score (nSPS) is 27.9. The minimum absolute atomic E-state index is 0.0750. The SMILES string of the molecule is CC(C)CN1C(C)CN(C)C(=O)C1CCO. The van der Waals surface area contributed by atoms with Crippen LogP contribution in [0.15, 0.2) is 0 Å². The monoisotopic (exact) mass is 228 g/mol. The van der Waals surface area contributed by atoms with Crippen molar-refractivity contribution in [2.75, 3.05) is 26.7 Å². The molecule has 0 aromatic carbocycles. The summed E-state index contributed by atoms with van der Waals surface area (Å²) in [7, 11) is 1.84. The van der Waals surface area contributed by atoms with Gasteiger partial charge in [0.2, 0.25) is 5.91 Å². The molecule has 1 aliphatic heterocycles. The van der Waals surface area contributed by atoms with Crippen LogP contribution in [0.2, 0.25) is 0 Å². The van der Waals surface area contributed by atoms with E-state index in [1.54, 1.807) is 4.90 Å². The molecule has 16 heavy (non-hydrogen) atoms. The fraction of sp³-hybridized carbons (Fsp3) is 0.917. The highest BCUT2D eigenvalue weighted by atomic mass is 16.3. The first-order valence-electron chi connectivity index (χ1n) is 6.09. The summed E-state index contributed by atoms with van der Waals surface area (Å²) in [5.74, 6) is 0.688. The fourth-order valence-corrected chi connectivity index (χ4v) is 2.44. The molecule has 1 heterocycles. The number of nitrogens with zero attached hydrogens (tertiary/aromatic N) is 2. The molecule has 2 unspecified atom stereocenters. The summed E-state index contributed by atoms with van der Waals surface area (Å²) < 4.78 is 0. The highest BCUT2D eigenvalue weighted by Crippen LogP contribution is 2.19. The maximum atomic E-state index is 12.0. The molecule has 1 aliphatic rings. The molecule has 1 rings (SSSR count). The van der Waals surface area contributed by atoms with Crippen LogP contribution in [0.4, 0.5) is 0 Å². The van der Waals surface area contributed by atoms with E-state index >= 15 is 0 Å². The number of rotatable bonds is 4. The number of hydrogen-bond donors (Lipinski definition) is 1. The highest BCUT2D eigenvalue weighted by Gasteiger charge is 2.36. The van der Waals surface area contributed by atoms with Gasteiger partial charge >= 0.3 is 0 Å². The molecule has 2 atom stereocenters. The van der Waals surface area contributed by atoms with Crippen LogP contribution < -0.4 is 0 Å². The Balaban J connectivity index is 2.78. The van der Waals surface area contributed by atoms with Crippen LogP contribution in [0.1, 0.15) is 27.2 Å². The van der Waals surface area contributed by atoms with Gasteiger partial charge in [-0.1, -0.05) is 13.8 Å². The Bertz CT molecular complexity index is 243. The zero-order valence-electron chi connectivity index (χ0n) is 10.8. The summed E-state index contributed by atoms with van der Waals surface area (Å²) in [6.45, 7) is 8.25. The van der Waals surface area contributed by atoms with Gasteiger partial charge in [-0.25, -0.2) is 0 Å². The van der Waals surface area contributed by atoms with Gasteiger partial charge in [-0.2, -0.15) is 0 Å². The van der Waals surface area contributed by atoms with Gasteiger partial charge in [-0.15, -0.1) is 0 Å². The third kappa shape index (κ3) is 2.95. The lowest BCUT2D eigenvalue weighted by Crippen LogP contribution is -2.60. The fourth-order valence-electron chi connectivity index (χ4n) is 2.44. The maximum Gasteiger partial charge on any atom is 0.239 e. The average Bonchev–Trinajstić information content (AvgIpc) is 2.19. The number of hydrogen-bond acceptors (Lipinski definition) is 3. The van der Waals surface area contributed by atoms with Crippen LogP contribution in [-0.4, -0.2) is 59.6 Å². The number of likely N-dealkylation sites (N-methyl/N-ethyl adjacent to an activating group) is 1. The third-order valence-corrected chi connectivity index (χ3v) is 3.14. The van der Waals surface area contributed by atoms with Gasteiger partial charge in [0.05, 0.1) is 6.04 Å². The van der Waals surface area contributed by atoms with Crippen LogP contribution in [0.5, 0.6) is 0 Å². The standard InChI is InChI=1S/C12H24N2O2/c1-9(2)7-14-10(3)8-13(4)12(16)11(14)5-6-15/h9-11,15H,5-8H2,1-4H3. The Labute approximate surface area is 98.2 Å². The Morgan fingerprint density at radius 1 is 1.50 bits per heavy atom. The molecule has 4 heteroatoms. The molecular weight excluding hydrogens is 204 g/mol. The third-order valence-electron chi connectivity index (χ3n) is 3.14. The first-order chi connectivity index (χ1) is 7.47. The lowest BCUT2D eigenvalue weighted by atomic mass is 10.0. The zero-order valence-corrected chi connectivity index (χ0v) is 10.8. The van der Waals surface area contributed by atoms with E-state index in [4.69, 9.17) is 5.11 Å². The van der Waals surface area contributed by atoms with Gasteiger partial charge in [0.15, 0.2) is 0 Å². The number of amides is 1. The number of piperazine rings is 1. The van der Waals surface area contributed by atoms with Gasteiger partial charge in [0.1, 0.15) is 0 Å². The van der Waals surface area contributed by atoms with E-state index in [0.29, 0.717) is 18.4 Å². The van der Waals surface area contributed by atoms with E-state index < -0.39 is 0 Å². The lowest BCUT2D eigenvalue weighted by Gasteiger charge is -2.44. The van der Waals surface area contributed by atoms with Crippen molar-refractivity contribution in [2.45, 2.75) is 39.3 Å². The number of aliphatic hydroxyl groups excluding tert-OH is 1. The Morgan fingerprint density at radius 2 is 2.12 bits per heavy atom. The van der Waals surface area contributed by atoms with Gasteiger partial charge in [0.25, 0.3) is 0 Å². The molecule has 1 fully saturated rings. The lowest BCUT2D eigenvalue weighted by molar-refractivity contribution is -0.144. The van der Waals surface area contributed by atoms with Crippen LogP contribution in [0, 0.1) is 5.92 Å². The second-order valence-corrected chi connectivity index (χ2v) is 5.19. The Kier molecular flexibility index (Phi) is 4.74. The predicted octanol–water partition coefficient (Wildman–Crippen LogP) is 0.556. The molecule has 1 saturated heterocycles. The second-order valence-electron chi connectivity index (χ2n) is 5.19. The number of aliphatic hydroxyl groups is 1. The molecule has 0 radical (unpaired) electrons. The average molecular weight is 228 g/mol. The van der Waals surface area contributed by atoms with E-state index in [-0.39, 0.29) is 18.6 Å². The number of carbonyl (C=O) groups is 1. The molecule has 0 aromatic heterocycles. The van der Waals surface area contributed by atoms with Crippen molar-refractivity contribution in [3.05, 3.63) is 0 Å². The van der Waals surface area contributed by atoms with E-state index in [0.717, 1.165) is 13.1 Å². The van der Waals surface area contributed by atoms with Gasteiger partial charge < -0.3 is 10.0 Å². The quantitative estimate of drug-likeness (QED) is 0.764. The van der Waals surface area contributed by atoms with Crippen molar-refractivity contribution in [3.8, 4) is 0 Å². The van der Waals surface area contributed by atoms with Gasteiger partial charge in [-0.05, 0) is 19.3 Å².